The van der Waals surface area contributed by atoms with Crippen molar-refractivity contribution in [3.05, 3.63) is 54.7 Å². The Balaban J connectivity index is 1.57. The molecule has 12 heteroatoms. The zero-order chi connectivity index (χ0) is 23.6. The summed E-state index contributed by atoms with van der Waals surface area (Å²) in [6.45, 7) is 2.78. The van der Waals surface area contributed by atoms with E-state index in [1.165, 1.54) is 55.6 Å². The number of hydrogen-bond donors (Lipinski definition) is 3. The predicted octanol–water partition coefficient (Wildman–Crippen LogP) is 3.47. The molecule has 2 aromatic carbocycles. The lowest BCUT2D eigenvalue weighted by molar-refractivity contribution is -0.115. The summed E-state index contributed by atoms with van der Waals surface area (Å²) in [4.78, 5) is 35.1. The highest BCUT2D eigenvalue weighted by Crippen LogP contribution is 2.30. The van der Waals surface area contributed by atoms with E-state index in [0.717, 1.165) is 15.8 Å². The van der Waals surface area contributed by atoms with E-state index in [0.29, 0.717) is 16.5 Å². The third kappa shape index (κ3) is 5.30. The van der Waals surface area contributed by atoms with Crippen LogP contribution in [0.15, 0.2) is 59.6 Å². The smallest absolute Gasteiger partial charge is 0.264 e. The van der Waals surface area contributed by atoms with E-state index in [2.05, 4.69) is 30.3 Å². The molecule has 2 aromatic heterocycles. The van der Waals surface area contributed by atoms with Crippen LogP contribution in [0.4, 0.5) is 16.8 Å². The van der Waals surface area contributed by atoms with Crippen LogP contribution in [0.25, 0.3) is 21.5 Å². The quantitative estimate of drug-likeness (QED) is 0.382. The van der Waals surface area contributed by atoms with Gasteiger partial charge in [-0.25, -0.2) is 28.1 Å². The first kappa shape index (κ1) is 22.3. The lowest BCUT2D eigenvalue weighted by Gasteiger charge is -2.09. The molecular formula is C21H18N6O4S2. The first-order chi connectivity index (χ1) is 15.7. The molecule has 0 atom stereocenters. The Bertz CT molecular complexity index is 1470. The number of thiazole rings is 1. The molecule has 0 fully saturated rings. The molecule has 0 aliphatic heterocycles. The number of anilines is 3. The Labute approximate surface area is 193 Å². The molecule has 0 bridgehead atoms. The fraction of sp³-hybridized carbons (Fsp3) is 0.0952. The Morgan fingerprint density at radius 2 is 1.64 bits per heavy atom. The summed E-state index contributed by atoms with van der Waals surface area (Å²) in [5.41, 5.74) is 2.47. The van der Waals surface area contributed by atoms with Gasteiger partial charge in [-0.1, -0.05) is 17.4 Å². The minimum atomic E-state index is -3.94. The van der Waals surface area contributed by atoms with Crippen molar-refractivity contribution in [3.8, 4) is 11.3 Å². The molecule has 33 heavy (non-hydrogen) atoms. The minimum absolute atomic E-state index is 0.00202. The Morgan fingerprint density at radius 1 is 0.909 bits per heavy atom. The molecule has 0 saturated carbocycles. The van der Waals surface area contributed by atoms with Gasteiger partial charge in [-0.05, 0) is 42.5 Å². The maximum absolute atomic E-state index is 12.7. The van der Waals surface area contributed by atoms with Gasteiger partial charge in [-0.3, -0.25) is 9.59 Å². The van der Waals surface area contributed by atoms with Crippen LogP contribution in [0.2, 0.25) is 0 Å². The lowest BCUT2D eigenvalue weighted by Crippen LogP contribution is -2.15. The molecule has 168 valence electrons. The molecule has 4 aromatic rings. The number of aromatic nitrogens is 3. The summed E-state index contributed by atoms with van der Waals surface area (Å²) in [5.74, 6) is -0.537. The van der Waals surface area contributed by atoms with E-state index in [4.69, 9.17) is 0 Å². The van der Waals surface area contributed by atoms with Crippen molar-refractivity contribution in [2.75, 3.05) is 15.4 Å². The molecule has 0 saturated heterocycles. The maximum atomic E-state index is 12.7. The van der Waals surface area contributed by atoms with Crippen LogP contribution < -0.4 is 15.4 Å². The highest BCUT2D eigenvalue weighted by Gasteiger charge is 2.16. The van der Waals surface area contributed by atoms with Gasteiger partial charge in [-0.15, -0.1) is 0 Å². The van der Waals surface area contributed by atoms with Crippen molar-refractivity contribution in [2.24, 2.45) is 0 Å². The molecule has 4 rings (SSSR count). The van der Waals surface area contributed by atoms with Crippen LogP contribution in [-0.4, -0.2) is 35.2 Å². The molecule has 2 heterocycles. The monoisotopic (exact) mass is 482 g/mol. The summed E-state index contributed by atoms with van der Waals surface area (Å²) >= 11 is 1.33. The average Bonchev–Trinajstić information content (AvgIpc) is 3.14. The fourth-order valence-corrected chi connectivity index (χ4v) is 4.86. The van der Waals surface area contributed by atoms with E-state index in [-0.39, 0.29) is 22.7 Å². The summed E-state index contributed by atoms with van der Waals surface area (Å²) in [7, 11) is -3.94. The number of hydrogen-bond acceptors (Lipinski definition) is 8. The van der Waals surface area contributed by atoms with Crippen LogP contribution in [0.1, 0.15) is 13.8 Å². The van der Waals surface area contributed by atoms with Gasteiger partial charge in [0, 0.05) is 31.3 Å². The Hall–Kier alpha value is -3.90. The Morgan fingerprint density at radius 3 is 2.33 bits per heavy atom. The second-order valence-corrected chi connectivity index (χ2v) is 9.67. The van der Waals surface area contributed by atoms with Crippen LogP contribution in [0, 0.1) is 0 Å². The van der Waals surface area contributed by atoms with Gasteiger partial charge in [0.1, 0.15) is 0 Å². The number of nitrogens with one attached hydrogen (secondary N) is 3. The van der Waals surface area contributed by atoms with Gasteiger partial charge in [0.15, 0.2) is 5.13 Å². The second-order valence-electron chi connectivity index (χ2n) is 6.96. The minimum Gasteiger partial charge on any atom is -0.326 e. The molecule has 0 spiro atoms. The topological polar surface area (TPSA) is 143 Å². The van der Waals surface area contributed by atoms with Crippen molar-refractivity contribution in [3.63, 3.8) is 0 Å². The zero-order valence-corrected chi connectivity index (χ0v) is 19.1. The van der Waals surface area contributed by atoms with Crippen LogP contribution >= 0.6 is 11.3 Å². The number of carbonyl (C=O) groups is 2. The molecule has 0 radical (unpaired) electrons. The standard InChI is InChI=1S/C21H18N6O4S2/c1-12(28)23-15-4-6-16(7-5-15)33(30,31)27-20-22-10-9-17(25-20)14-3-8-18-19(11-14)32-21(26-18)24-13(2)29/h3-11H,1-2H3,(H,23,28)(H,22,25,27)(H,24,26,29). The number of rotatable bonds is 6. The van der Waals surface area contributed by atoms with Gasteiger partial charge >= 0.3 is 0 Å². The van der Waals surface area contributed by atoms with Gasteiger partial charge < -0.3 is 10.6 Å². The van der Waals surface area contributed by atoms with Crippen molar-refractivity contribution in [1.29, 1.82) is 0 Å². The molecule has 0 aliphatic carbocycles. The van der Waals surface area contributed by atoms with Crippen LogP contribution in [0.3, 0.4) is 0 Å². The highest BCUT2D eigenvalue weighted by atomic mass is 32.2. The largest absolute Gasteiger partial charge is 0.326 e. The number of nitrogens with zero attached hydrogens (tertiary/aromatic N) is 3. The van der Waals surface area contributed by atoms with Gasteiger partial charge in [0.05, 0.1) is 20.8 Å². The number of sulfonamides is 1. The third-order valence-electron chi connectivity index (χ3n) is 4.33. The molecule has 10 nitrogen and oxygen atoms in total. The maximum Gasteiger partial charge on any atom is 0.264 e. The summed E-state index contributed by atoms with van der Waals surface area (Å²) in [6, 6.07) is 12.9. The Kier molecular flexibility index (Phi) is 6.03. The first-order valence-electron chi connectivity index (χ1n) is 9.62. The summed E-state index contributed by atoms with van der Waals surface area (Å²) in [6.07, 6.45) is 1.46. The number of amides is 2. The lowest BCUT2D eigenvalue weighted by atomic mass is 10.1. The van der Waals surface area contributed by atoms with Crippen molar-refractivity contribution < 1.29 is 18.0 Å². The van der Waals surface area contributed by atoms with E-state index >= 15 is 0 Å². The summed E-state index contributed by atoms with van der Waals surface area (Å²) in [5, 5.41) is 5.74. The number of carbonyl (C=O) groups excluding carboxylic acids is 2. The molecule has 0 aliphatic rings. The molecule has 3 N–H and O–H groups in total. The van der Waals surface area contributed by atoms with Crippen LogP contribution in [-0.2, 0) is 19.6 Å². The molecule has 2 amide bonds. The number of benzene rings is 2. The van der Waals surface area contributed by atoms with Gasteiger partial charge in [0.25, 0.3) is 10.0 Å². The van der Waals surface area contributed by atoms with Gasteiger partial charge in [0.2, 0.25) is 17.8 Å². The second kappa shape index (κ2) is 8.92. The predicted molar refractivity (Wildman–Crippen MR) is 127 cm³/mol. The first-order valence-corrected chi connectivity index (χ1v) is 11.9. The SMILES string of the molecule is CC(=O)Nc1ccc(S(=O)(=O)Nc2nccc(-c3ccc4nc(NC(C)=O)sc4c3)n2)cc1. The zero-order valence-electron chi connectivity index (χ0n) is 17.5. The van der Waals surface area contributed by atoms with Crippen molar-refractivity contribution in [2.45, 2.75) is 18.7 Å². The average molecular weight is 483 g/mol. The summed E-state index contributed by atoms with van der Waals surface area (Å²) < 4.78 is 28.7. The van der Waals surface area contributed by atoms with Crippen molar-refractivity contribution >= 4 is 60.2 Å². The third-order valence-corrected chi connectivity index (χ3v) is 6.61. The van der Waals surface area contributed by atoms with E-state index < -0.39 is 10.0 Å². The van der Waals surface area contributed by atoms with Crippen molar-refractivity contribution in [1.82, 2.24) is 15.0 Å². The molecule has 0 unspecified atom stereocenters. The van der Waals surface area contributed by atoms with Crippen LogP contribution in [0.5, 0.6) is 0 Å². The normalized spacial score (nSPS) is 11.2. The van der Waals surface area contributed by atoms with E-state index in [1.54, 1.807) is 18.2 Å². The fourth-order valence-electron chi connectivity index (χ4n) is 2.96. The highest BCUT2D eigenvalue weighted by molar-refractivity contribution is 7.92. The van der Waals surface area contributed by atoms with Gasteiger partial charge in [-0.2, -0.15) is 0 Å². The number of fused-ring (bicyclic) bond motifs is 1. The molecular weight excluding hydrogens is 464 g/mol. The van der Waals surface area contributed by atoms with E-state index in [9.17, 15) is 18.0 Å². The van der Waals surface area contributed by atoms with E-state index in [1.807, 2.05) is 6.07 Å².